The summed E-state index contributed by atoms with van der Waals surface area (Å²) in [4.78, 5) is 12.5. The molecule has 3 aromatic rings. The van der Waals surface area contributed by atoms with E-state index < -0.39 is 6.61 Å². The Labute approximate surface area is 149 Å². The smallest absolute Gasteiger partial charge is 0.387 e. The first-order valence-corrected chi connectivity index (χ1v) is 8.08. The van der Waals surface area contributed by atoms with Crippen LogP contribution in [0.1, 0.15) is 17.3 Å². The van der Waals surface area contributed by atoms with Crippen LogP contribution < -0.4 is 14.8 Å². The number of hydrogen-bond donors (Lipinski definition) is 1. The van der Waals surface area contributed by atoms with E-state index in [-0.39, 0.29) is 29.6 Å². The molecule has 0 aliphatic heterocycles. The molecule has 0 aliphatic rings. The van der Waals surface area contributed by atoms with Gasteiger partial charge in [-0.3, -0.25) is 4.79 Å². The number of carbonyl (C=O) groups excluding carboxylic acids is 1. The zero-order chi connectivity index (χ0) is 18.5. The molecule has 0 fully saturated rings. The van der Waals surface area contributed by atoms with Crippen molar-refractivity contribution in [2.75, 3.05) is 11.9 Å². The number of halogens is 2. The van der Waals surface area contributed by atoms with Crippen LogP contribution in [0.4, 0.5) is 14.5 Å². The molecule has 6 heteroatoms. The Morgan fingerprint density at radius 3 is 2.50 bits per heavy atom. The van der Waals surface area contributed by atoms with E-state index in [2.05, 4.69) is 10.1 Å². The van der Waals surface area contributed by atoms with Gasteiger partial charge in [0.1, 0.15) is 0 Å². The first kappa shape index (κ1) is 17.7. The fraction of sp³-hybridized carbons (Fsp3) is 0.150. The first-order valence-electron chi connectivity index (χ1n) is 8.08. The first-order chi connectivity index (χ1) is 12.6. The molecule has 0 aromatic heterocycles. The van der Waals surface area contributed by atoms with Gasteiger partial charge in [-0.15, -0.1) is 0 Å². The third-order valence-electron chi connectivity index (χ3n) is 3.73. The van der Waals surface area contributed by atoms with E-state index in [9.17, 15) is 13.6 Å². The molecule has 0 saturated heterocycles. The number of alkyl halides is 2. The summed E-state index contributed by atoms with van der Waals surface area (Å²) < 4.78 is 34.6. The molecular weight excluding hydrogens is 340 g/mol. The molecule has 1 amide bonds. The Morgan fingerprint density at radius 2 is 1.77 bits per heavy atom. The Hall–Kier alpha value is -3.15. The summed E-state index contributed by atoms with van der Waals surface area (Å²) in [6, 6.07) is 17.5. The second-order valence-electron chi connectivity index (χ2n) is 5.49. The topological polar surface area (TPSA) is 47.6 Å². The molecule has 0 heterocycles. The van der Waals surface area contributed by atoms with Gasteiger partial charge in [-0.25, -0.2) is 0 Å². The van der Waals surface area contributed by atoms with Gasteiger partial charge < -0.3 is 14.8 Å². The Bertz CT molecular complexity index is 928. The molecule has 0 radical (unpaired) electrons. The SMILES string of the molecule is CCOc1cc(C(=O)Nc2ccc3ccccc3c2)ccc1OC(F)F. The summed E-state index contributed by atoms with van der Waals surface area (Å²) in [5.41, 5.74) is 0.919. The van der Waals surface area contributed by atoms with Crippen LogP contribution in [0.3, 0.4) is 0 Å². The van der Waals surface area contributed by atoms with Gasteiger partial charge in [0.2, 0.25) is 0 Å². The molecule has 26 heavy (non-hydrogen) atoms. The van der Waals surface area contributed by atoms with Crippen molar-refractivity contribution in [3.8, 4) is 11.5 Å². The average molecular weight is 357 g/mol. The van der Waals surface area contributed by atoms with Crippen LogP contribution in [0.2, 0.25) is 0 Å². The third-order valence-corrected chi connectivity index (χ3v) is 3.73. The quantitative estimate of drug-likeness (QED) is 0.668. The standard InChI is InChI=1S/C20H17F2NO3/c1-2-25-18-12-15(8-10-17(18)26-20(21)22)19(24)23-16-9-7-13-5-3-4-6-14(13)11-16/h3-12,20H,2H2,1H3,(H,23,24). The lowest BCUT2D eigenvalue weighted by Crippen LogP contribution is -2.12. The van der Waals surface area contributed by atoms with Crippen LogP contribution in [-0.2, 0) is 0 Å². The maximum Gasteiger partial charge on any atom is 0.387 e. The van der Waals surface area contributed by atoms with Crippen LogP contribution in [0.5, 0.6) is 11.5 Å². The Kier molecular flexibility index (Phi) is 5.31. The molecule has 134 valence electrons. The summed E-state index contributed by atoms with van der Waals surface area (Å²) in [7, 11) is 0. The minimum absolute atomic E-state index is 0.0963. The van der Waals surface area contributed by atoms with Gasteiger partial charge in [0, 0.05) is 11.3 Å². The van der Waals surface area contributed by atoms with Crippen molar-refractivity contribution in [2.24, 2.45) is 0 Å². The summed E-state index contributed by atoms with van der Waals surface area (Å²) in [5, 5.41) is 4.86. The number of amides is 1. The number of anilines is 1. The van der Waals surface area contributed by atoms with E-state index in [0.29, 0.717) is 5.69 Å². The van der Waals surface area contributed by atoms with E-state index in [1.807, 2.05) is 36.4 Å². The van der Waals surface area contributed by atoms with Crippen LogP contribution in [-0.4, -0.2) is 19.1 Å². The fourth-order valence-corrected chi connectivity index (χ4v) is 2.58. The zero-order valence-corrected chi connectivity index (χ0v) is 14.0. The minimum atomic E-state index is -2.97. The number of nitrogens with one attached hydrogen (secondary N) is 1. The van der Waals surface area contributed by atoms with E-state index in [1.54, 1.807) is 13.0 Å². The number of fused-ring (bicyclic) bond motifs is 1. The van der Waals surface area contributed by atoms with Crippen molar-refractivity contribution in [2.45, 2.75) is 13.5 Å². The highest BCUT2D eigenvalue weighted by Crippen LogP contribution is 2.30. The van der Waals surface area contributed by atoms with Crippen molar-refractivity contribution in [1.82, 2.24) is 0 Å². The van der Waals surface area contributed by atoms with Crippen molar-refractivity contribution >= 4 is 22.4 Å². The van der Waals surface area contributed by atoms with E-state index in [1.165, 1.54) is 18.2 Å². The van der Waals surface area contributed by atoms with Gasteiger partial charge in [0.25, 0.3) is 5.91 Å². The van der Waals surface area contributed by atoms with Crippen LogP contribution in [0, 0.1) is 0 Å². The second-order valence-corrected chi connectivity index (χ2v) is 5.49. The van der Waals surface area contributed by atoms with Gasteiger partial charge in [0.05, 0.1) is 6.61 Å². The summed E-state index contributed by atoms with van der Waals surface area (Å²) >= 11 is 0. The normalized spacial score (nSPS) is 10.8. The molecule has 0 saturated carbocycles. The molecule has 0 aliphatic carbocycles. The maximum atomic E-state index is 12.5. The number of benzene rings is 3. The number of hydrogen-bond acceptors (Lipinski definition) is 3. The van der Waals surface area contributed by atoms with E-state index in [4.69, 9.17) is 4.74 Å². The Morgan fingerprint density at radius 1 is 1.00 bits per heavy atom. The number of ether oxygens (including phenoxy) is 2. The summed E-state index contributed by atoms with van der Waals surface area (Å²) in [6.45, 7) is -0.991. The summed E-state index contributed by atoms with van der Waals surface area (Å²) in [6.07, 6.45) is 0. The lowest BCUT2D eigenvalue weighted by molar-refractivity contribution is -0.0514. The van der Waals surface area contributed by atoms with Crippen LogP contribution >= 0.6 is 0 Å². The third kappa shape index (κ3) is 4.08. The average Bonchev–Trinajstić information content (AvgIpc) is 2.63. The van der Waals surface area contributed by atoms with Crippen LogP contribution in [0.15, 0.2) is 60.7 Å². The van der Waals surface area contributed by atoms with Crippen LogP contribution in [0.25, 0.3) is 10.8 Å². The Balaban J connectivity index is 1.82. The van der Waals surface area contributed by atoms with Gasteiger partial charge in [-0.05, 0) is 48.0 Å². The minimum Gasteiger partial charge on any atom is -0.490 e. The highest BCUT2D eigenvalue weighted by molar-refractivity contribution is 6.05. The van der Waals surface area contributed by atoms with Crippen molar-refractivity contribution < 1.29 is 23.0 Å². The second kappa shape index (κ2) is 7.82. The van der Waals surface area contributed by atoms with Gasteiger partial charge in [-0.2, -0.15) is 8.78 Å². The predicted molar refractivity (Wildman–Crippen MR) is 96.1 cm³/mol. The van der Waals surface area contributed by atoms with Gasteiger partial charge in [-0.1, -0.05) is 30.3 Å². The predicted octanol–water partition coefficient (Wildman–Crippen LogP) is 5.09. The fourth-order valence-electron chi connectivity index (χ4n) is 2.58. The highest BCUT2D eigenvalue weighted by Gasteiger charge is 2.15. The molecule has 4 nitrogen and oxygen atoms in total. The lowest BCUT2D eigenvalue weighted by atomic mass is 10.1. The molecule has 3 aromatic carbocycles. The number of carbonyl (C=O) groups is 1. The molecule has 0 unspecified atom stereocenters. The lowest BCUT2D eigenvalue weighted by Gasteiger charge is -2.13. The van der Waals surface area contributed by atoms with E-state index in [0.717, 1.165) is 10.8 Å². The molecule has 0 atom stereocenters. The monoisotopic (exact) mass is 357 g/mol. The number of rotatable bonds is 6. The largest absolute Gasteiger partial charge is 0.490 e. The van der Waals surface area contributed by atoms with Crippen molar-refractivity contribution in [1.29, 1.82) is 0 Å². The molecular formula is C20H17F2NO3. The van der Waals surface area contributed by atoms with Crippen molar-refractivity contribution in [3.63, 3.8) is 0 Å². The molecule has 0 spiro atoms. The van der Waals surface area contributed by atoms with Crippen molar-refractivity contribution in [3.05, 3.63) is 66.2 Å². The highest BCUT2D eigenvalue weighted by atomic mass is 19.3. The van der Waals surface area contributed by atoms with Gasteiger partial charge in [0.15, 0.2) is 11.5 Å². The molecule has 0 bridgehead atoms. The van der Waals surface area contributed by atoms with Gasteiger partial charge >= 0.3 is 6.61 Å². The maximum absolute atomic E-state index is 12.5. The molecule has 1 N–H and O–H groups in total. The summed E-state index contributed by atoms with van der Waals surface area (Å²) in [5.74, 6) is -0.382. The van der Waals surface area contributed by atoms with E-state index >= 15 is 0 Å². The zero-order valence-electron chi connectivity index (χ0n) is 14.0. The molecule has 3 rings (SSSR count).